The minimum atomic E-state index is -1.01. The van der Waals surface area contributed by atoms with Gasteiger partial charge in [-0.25, -0.2) is 4.79 Å². The van der Waals surface area contributed by atoms with E-state index in [4.69, 9.17) is 14.2 Å². The molecule has 3 heterocycles. The lowest BCUT2D eigenvalue weighted by Gasteiger charge is -2.25. The average Bonchev–Trinajstić information content (AvgIpc) is 3.36. The van der Waals surface area contributed by atoms with E-state index in [9.17, 15) is 9.59 Å². The van der Waals surface area contributed by atoms with E-state index in [0.717, 1.165) is 9.75 Å². The molecule has 0 bridgehead atoms. The number of hydrogen-bond acceptors (Lipinski definition) is 7. The highest BCUT2D eigenvalue weighted by atomic mass is 32.1. The molecule has 6 nitrogen and oxygen atoms in total. The number of nitrogens with zero attached hydrogens (tertiary/aromatic N) is 1. The van der Waals surface area contributed by atoms with Crippen molar-refractivity contribution in [3.05, 3.63) is 44.8 Å². The van der Waals surface area contributed by atoms with Crippen molar-refractivity contribution in [1.29, 1.82) is 0 Å². The highest BCUT2D eigenvalue weighted by molar-refractivity contribution is 7.10. The number of esters is 1. The molecule has 2 aromatic heterocycles. The van der Waals surface area contributed by atoms with Crippen molar-refractivity contribution in [1.82, 2.24) is 4.90 Å². The SMILES string of the molecule is CCOC(=O)[C@@H]1OCO[C@H]1C(=O)N(Cc1cccs1)Cc1cccs1. The first-order chi connectivity index (χ1) is 12.2. The van der Waals surface area contributed by atoms with E-state index in [1.54, 1.807) is 34.5 Å². The third kappa shape index (κ3) is 4.46. The molecule has 1 fully saturated rings. The highest BCUT2D eigenvalue weighted by Crippen LogP contribution is 2.22. The fourth-order valence-electron chi connectivity index (χ4n) is 2.55. The second-order valence-electron chi connectivity index (χ2n) is 5.40. The molecular formula is C17H19NO5S2. The van der Waals surface area contributed by atoms with Gasteiger partial charge < -0.3 is 19.1 Å². The molecule has 1 amide bonds. The first-order valence-corrected chi connectivity index (χ1v) is 9.68. The maximum atomic E-state index is 13.0. The first-order valence-electron chi connectivity index (χ1n) is 7.92. The Morgan fingerprint density at radius 2 is 1.72 bits per heavy atom. The summed E-state index contributed by atoms with van der Waals surface area (Å²) in [6.45, 7) is 2.78. The van der Waals surface area contributed by atoms with Gasteiger partial charge in [-0.05, 0) is 29.8 Å². The summed E-state index contributed by atoms with van der Waals surface area (Å²) in [5, 5.41) is 3.94. The van der Waals surface area contributed by atoms with Crippen LogP contribution in [0.1, 0.15) is 16.7 Å². The maximum Gasteiger partial charge on any atom is 0.338 e. The minimum Gasteiger partial charge on any atom is -0.464 e. The van der Waals surface area contributed by atoms with E-state index in [0.29, 0.717) is 13.1 Å². The summed E-state index contributed by atoms with van der Waals surface area (Å²) < 4.78 is 15.7. The van der Waals surface area contributed by atoms with Crippen LogP contribution in [0.15, 0.2) is 35.0 Å². The molecule has 0 saturated carbocycles. The van der Waals surface area contributed by atoms with Gasteiger partial charge in [0.25, 0.3) is 5.91 Å². The zero-order valence-corrected chi connectivity index (χ0v) is 15.4. The molecule has 3 rings (SSSR count). The van der Waals surface area contributed by atoms with Crippen molar-refractivity contribution < 1.29 is 23.8 Å². The van der Waals surface area contributed by atoms with E-state index < -0.39 is 18.2 Å². The lowest BCUT2D eigenvalue weighted by molar-refractivity contribution is -0.158. The summed E-state index contributed by atoms with van der Waals surface area (Å²) in [4.78, 5) is 28.9. The number of rotatable bonds is 7. The Morgan fingerprint density at radius 3 is 2.24 bits per heavy atom. The van der Waals surface area contributed by atoms with E-state index in [-0.39, 0.29) is 19.3 Å². The molecule has 0 radical (unpaired) electrons. The average molecular weight is 381 g/mol. The van der Waals surface area contributed by atoms with Crippen molar-refractivity contribution in [3.8, 4) is 0 Å². The second kappa shape index (κ2) is 8.57. The van der Waals surface area contributed by atoms with Crippen LogP contribution in [0.2, 0.25) is 0 Å². The van der Waals surface area contributed by atoms with Gasteiger partial charge in [-0.2, -0.15) is 0 Å². The van der Waals surface area contributed by atoms with Crippen LogP contribution < -0.4 is 0 Å². The minimum absolute atomic E-state index is 0.0915. The molecule has 0 aromatic carbocycles. The predicted octanol–water partition coefficient (Wildman–Crippen LogP) is 2.64. The third-order valence-corrected chi connectivity index (χ3v) is 5.42. The van der Waals surface area contributed by atoms with E-state index in [1.165, 1.54) is 0 Å². The molecule has 0 unspecified atom stereocenters. The molecule has 0 N–H and O–H groups in total. The molecule has 1 aliphatic heterocycles. The summed E-state index contributed by atoms with van der Waals surface area (Å²) >= 11 is 3.17. The molecule has 1 aliphatic rings. The van der Waals surface area contributed by atoms with Gasteiger partial charge in [0.2, 0.25) is 0 Å². The van der Waals surface area contributed by atoms with Gasteiger partial charge >= 0.3 is 5.97 Å². The molecule has 25 heavy (non-hydrogen) atoms. The number of amides is 1. The van der Waals surface area contributed by atoms with E-state index >= 15 is 0 Å². The monoisotopic (exact) mass is 381 g/mol. The van der Waals surface area contributed by atoms with Crippen LogP contribution in [0.3, 0.4) is 0 Å². The van der Waals surface area contributed by atoms with Crippen molar-refractivity contribution in [2.24, 2.45) is 0 Å². The molecule has 0 aliphatic carbocycles. The summed E-state index contributed by atoms with van der Waals surface area (Å²) in [5.41, 5.74) is 0. The largest absolute Gasteiger partial charge is 0.464 e. The number of carbonyl (C=O) groups is 2. The van der Waals surface area contributed by atoms with E-state index in [2.05, 4.69) is 0 Å². The molecule has 8 heteroatoms. The Kier molecular flexibility index (Phi) is 6.19. The summed E-state index contributed by atoms with van der Waals surface area (Å²) in [7, 11) is 0. The van der Waals surface area contributed by atoms with Crippen LogP contribution in [0.4, 0.5) is 0 Å². The van der Waals surface area contributed by atoms with Gasteiger partial charge in [0.15, 0.2) is 12.2 Å². The third-order valence-electron chi connectivity index (χ3n) is 3.70. The lowest BCUT2D eigenvalue weighted by atomic mass is 10.1. The lowest BCUT2D eigenvalue weighted by Crippen LogP contribution is -2.46. The number of thiophene rings is 2. The normalized spacial score (nSPS) is 19.7. The van der Waals surface area contributed by atoms with Crippen LogP contribution in [0.25, 0.3) is 0 Å². The predicted molar refractivity (Wildman–Crippen MR) is 94.1 cm³/mol. The molecule has 134 valence electrons. The van der Waals surface area contributed by atoms with Crippen LogP contribution in [-0.4, -0.2) is 42.4 Å². The molecule has 0 spiro atoms. The number of ether oxygens (including phenoxy) is 3. The van der Waals surface area contributed by atoms with Crippen molar-refractivity contribution in [2.45, 2.75) is 32.2 Å². The van der Waals surface area contributed by atoms with Crippen molar-refractivity contribution >= 4 is 34.6 Å². The van der Waals surface area contributed by atoms with Gasteiger partial charge in [-0.15, -0.1) is 22.7 Å². The Labute approximate surface area is 153 Å². The van der Waals surface area contributed by atoms with Gasteiger partial charge in [0.1, 0.15) is 6.79 Å². The zero-order valence-electron chi connectivity index (χ0n) is 13.8. The van der Waals surface area contributed by atoms with Gasteiger partial charge in [-0.3, -0.25) is 4.79 Å². The van der Waals surface area contributed by atoms with E-state index in [1.807, 2.05) is 35.0 Å². The fraction of sp³-hybridized carbons (Fsp3) is 0.412. The Balaban J connectivity index is 1.76. The number of hydrogen-bond donors (Lipinski definition) is 0. The van der Waals surface area contributed by atoms with Crippen LogP contribution in [-0.2, 0) is 36.9 Å². The number of carbonyl (C=O) groups excluding carboxylic acids is 2. The zero-order chi connectivity index (χ0) is 17.6. The van der Waals surface area contributed by atoms with Crippen molar-refractivity contribution in [3.63, 3.8) is 0 Å². The van der Waals surface area contributed by atoms with Gasteiger partial charge in [0, 0.05) is 9.75 Å². The summed E-state index contributed by atoms with van der Waals surface area (Å²) in [6.07, 6.45) is -1.99. The first kappa shape index (κ1) is 18.1. The topological polar surface area (TPSA) is 65.1 Å². The van der Waals surface area contributed by atoms with Gasteiger partial charge in [0.05, 0.1) is 19.7 Å². The van der Waals surface area contributed by atoms with Gasteiger partial charge in [-0.1, -0.05) is 12.1 Å². The Hall–Kier alpha value is -1.74. The summed E-state index contributed by atoms with van der Waals surface area (Å²) in [6, 6.07) is 7.86. The fourth-order valence-corrected chi connectivity index (χ4v) is 3.99. The Morgan fingerprint density at radius 1 is 1.12 bits per heavy atom. The molecule has 1 saturated heterocycles. The van der Waals surface area contributed by atoms with Crippen LogP contribution in [0.5, 0.6) is 0 Å². The second-order valence-corrected chi connectivity index (χ2v) is 7.46. The standard InChI is InChI=1S/C17H19NO5S2/c1-2-21-17(20)15-14(22-11-23-15)16(19)18(9-12-5-3-7-24-12)10-13-6-4-8-25-13/h3-8,14-15H,2,9-11H2,1H3/t14-,15-/m1/s1. The smallest absolute Gasteiger partial charge is 0.338 e. The van der Waals surface area contributed by atoms with Crippen molar-refractivity contribution in [2.75, 3.05) is 13.4 Å². The van der Waals surface area contributed by atoms with Crippen LogP contribution in [0, 0.1) is 0 Å². The molecular weight excluding hydrogens is 362 g/mol. The highest BCUT2D eigenvalue weighted by Gasteiger charge is 2.43. The molecule has 2 atom stereocenters. The Bertz CT molecular complexity index is 650. The maximum absolute atomic E-state index is 13.0. The quantitative estimate of drug-likeness (QED) is 0.690. The molecule has 2 aromatic rings. The van der Waals surface area contributed by atoms with Crippen LogP contribution >= 0.6 is 22.7 Å². The summed E-state index contributed by atoms with van der Waals surface area (Å²) in [5.74, 6) is -0.831.